The zero-order chi connectivity index (χ0) is 10.6. The van der Waals surface area contributed by atoms with Crippen LogP contribution in [0.15, 0.2) is 0 Å². The third-order valence-electron chi connectivity index (χ3n) is 3.12. The second-order valence-corrected chi connectivity index (χ2v) is 4.40. The Hall–Kier alpha value is -0.530. The first-order chi connectivity index (χ1) is 5.89. The molecule has 0 bridgehead atoms. The molecule has 0 saturated carbocycles. The summed E-state index contributed by atoms with van der Waals surface area (Å²) in [6.45, 7) is 10.1. The standard InChI is InChI=1S/C11H22O2/c1-6-7-11(8(2)3,9(4)5)10(12)13/h8-9H,6-7H2,1-5H3,(H,12,13). The van der Waals surface area contributed by atoms with Gasteiger partial charge in [0.25, 0.3) is 0 Å². The predicted octanol–water partition coefficient (Wildman–Crippen LogP) is 3.17. The number of rotatable bonds is 5. The largest absolute Gasteiger partial charge is 0.481 e. The summed E-state index contributed by atoms with van der Waals surface area (Å²) in [7, 11) is 0. The smallest absolute Gasteiger partial charge is 0.310 e. The van der Waals surface area contributed by atoms with E-state index in [0.29, 0.717) is 0 Å². The van der Waals surface area contributed by atoms with E-state index in [9.17, 15) is 9.90 Å². The first kappa shape index (κ1) is 12.5. The molecule has 0 aromatic heterocycles. The minimum Gasteiger partial charge on any atom is -0.481 e. The van der Waals surface area contributed by atoms with E-state index < -0.39 is 11.4 Å². The summed E-state index contributed by atoms with van der Waals surface area (Å²) in [5, 5.41) is 9.30. The van der Waals surface area contributed by atoms with Crippen LogP contribution in [-0.2, 0) is 4.79 Å². The number of aliphatic carboxylic acids is 1. The van der Waals surface area contributed by atoms with Gasteiger partial charge in [0.15, 0.2) is 0 Å². The Morgan fingerprint density at radius 1 is 1.23 bits per heavy atom. The van der Waals surface area contributed by atoms with E-state index in [4.69, 9.17) is 0 Å². The van der Waals surface area contributed by atoms with Gasteiger partial charge in [-0.2, -0.15) is 0 Å². The molecule has 0 aromatic carbocycles. The molecule has 0 heterocycles. The van der Waals surface area contributed by atoms with E-state index in [1.54, 1.807) is 0 Å². The molecule has 13 heavy (non-hydrogen) atoms. The van der Waals surface area contributed by atoms with Crippen LogP contribution < -0.4 is 0 Å². The van der Waals surface area contributed by atoms with Gasteiger partial charge in [-0.25, -0.2) is 0 Å². The van der Waals surface area contributed by atoms with Crippen molar-refractivity contribution in [3.05, 3.63) is 0 Å². The molecule has 1 N–H and O–H groups in total. The van der Waals surface area contributed by atoms with Crippen molar-refractivity contribution in [2.24, 2.45) is 17.3 Å². The van der Waals surface area contributed by atoms with E-state index >= 15 is 0 Å². The Bertz CT molecular complexity index is 163. The zero-order valence-electron chi connectivity index (χ0n) is 9.42. The molecule has 2 heteroatoms. The molecule has 0 unspecified atom stereocenters. The fourth-order valence-electron chi connectivity index (χ4n) is 2.26. The summed E-state index contributed by atoms with van der Waals surface area (Å²) in [6, 6.07) is 0. The molecule has 78 valence electrons. The third kappa shape index (κ3) is 2.23. The lowest BCUT2D eigenvalue weighted by Crippen LogP contribution is -2.41. The number of hydrogen-bond donors (Lipinski definition) is 1. The lowest BCUT2D eigenvalue weighted by atomic mass is 9.66. The maximum Gasteiger partial charge on any atom is 0.310 e. The SMILES string of the molecule is CCCC(C(=O)O)(C(C)C)C(C)C. The van der Waals surface area contributed by atoms with Gasteiger partial charge in [0.05, 0.1) is 5.41 Å². The van der Waals surface area contributed by atoms with Crippen molar-refractivity contribution in [1.29, 1.82) is 0 Å². The quantitative estimate of drug-likeness (QED) is 0.716. The van der Waals surface area contributed by atoms with Crippen LogP contribution in [0.1, 0.15) is 47.5 Å². The highest BCUT2D eigenvalue weighted by Crippen LogP contribution is 2.40. The third-order valence-corrected chi connectivity index (χ3v) is 3.12. The van der Waals surface area contributed by atoms with Gasteiger partial charge in [-0.3, -0.25) is 4.79 Å². The Labute approximate surface area is 81.3 Å². The summed E-state index contributed by atoms with van der Waals surface area (Å²) < 4.78 is 0. The summed E-state index contributed by atoms with van der Waals surface area (Å²) >= 11 is 0. The maximum absolute atomic E-state index is 11.3. The molecule has 0 fully saturated rings. The molecule has 0 spiro atoms. The van der Waals surface area contributed by atoms with Gasteiger partial charge < -0.3 is 5.11 Å². The molecular formula is C11H22O2. The van der Waals surface area contributed by atoms with Gasteiger partial charge in [0, 0.05) is 0 Å². The molecule has 0 aromatic rings. The van der Waals surface area contributed by atoms with Gasteiger partial charge in [-0.1, -0.05) is 41.0 Å². The van der Waals surface area contributed by atoms with Crippen LogP contribution in [0.5, 0.6) is 0 Å². The summed E-state index contributed by atoms with van der Waals surface area (Å²) in [4.78, 5) is 11.3. The molecule has 0 aliphatic rings. The maximum atomic E-state index is 11.3. The summed E-state index contributed by atoms with van der Waals surface area (Å²) in [5.74, 6) is -0.241. The molecule has 0 amide bonds. The van der Waals surface area contributed by atoms with E-state index in [0.717, 1.165) is 12.8 Å². The second-order valence-electron chi connectivity index (χ2n) is 4.40. The fourth-order valence-corrected chi connectivity index (χ4v) is 2.26. The Morgan fingerprint density at radius 2 is 1.62 bits per heavy atom. The van der Waals surface area contributed by atoms with Crippen LogP contribution in [0.3, 0.4) is 0 Å². The Morgan fingerprint density at radius 3 is 1.69 bits per heavy atom. The van der Waals surface area contributed by atoms with Gasteiger partial charge in [0.2, 0.25) is 0 Å². The van der Waals surface area contributed by atoms with Crippen LogP contribution in [0.2, 0.25) is 0 Å². The summed E-state index contributed by atoms with van der Waals surface area (Å²) in [6.07, 6.45) is 1.71. The lowest BCUT2D eigenvalue weighted by molar-refractivity contribution is -0.156. The minimum atomic E-state index is -0.639. The molecule has 0 atom stereocenters. The molecular weight excluding hydrogens is 164 g/mol. The average molecular weight is 186 g/mol. The molecule has 0 radical (unpaired) electrons. The summed E-state index contributed by atoms with van der Waals surface area (Å²) in [5.41, 5.74) is -0.533. The normalized spacial score (nSPS) is 12.5. The van der Waals surface area contributed by atoms with Gasteiger partial charge in [0.1, 0.15) is 0 Å². The van der Waals surface area contributed by atoms with Crippen molar-refractivity contribution < 1.29 is 9.90 Å². The number of carboxylic acid groups (broad SMARTS) is 1. The second kappa shape index (κ2) is 4.64. The van der Waals surface area contributed by atoms with E-state index in [-0.39, 0.29) is 11.8 Å². The Balaban J connectivity index is 4.93. The van der Waals surface area contributed by atoms with Crippen molar-refractivity contribution in [1.82, 2.24) is 0 Å². The number of carbonyl (C=O) groups is 1. The van der Waals surface area contributed by atoms with E-state index in [1.165, 1.54) is 0 Å². The van der Waals surface area contributed by atoms with Crippen molar-refractivity contribution in [2.45, 2.75) is 47.5 Å². The van der Waals surface area contributed by atoms with Crippen LogP contribution >= 0.6 is 0 Å². The van der Waals surface area contributed by atoms with Crippen molar-refractivity contribution >= 4 is 5.97 Å². The van der Waals surface area contributed by atoms with E-state index in [1.807, 2.05) is 34.6 Å². The molecule has 0 rings (SSSR count). The zero-order valence-corrected chi connectivity index (χ0v) is 9.42. The fraction of sp³-hybridized carbons (Fsp3) is 0.909. The van der Waals surface area contributed by atoms with Crippen molar-refractivity contribution in [3.63, 3.8) is 0 Å². The van der Waals surface area contributed by atoms with Crippen LogP contribution in [0, 0.1) is 17.3 Å². The lowest BCUT2D eigenvalue weighted by Gasteiger charge is -2.37. The van der Waals surface area contributed by atoms with Crippen molar-refractivity contribution in [2.75, 3.05) is 0 Å². The van der Waals surface area contributed by atoms with Gasteiger partial charge in [-0.05, 0) is 18.3 Å². The number of carboxylic acids is 1. The van der Waals surface area contributed by atoms with Crippen LogP contribution in [-0.4, -0.2) is 11.1 Å². The Kier molecular flexibility index (Phi) is 4.45. The van der Waals surface area contributed by atoms with Crippen LogP contribution in [0.25, 0.3) is 0 Å². The van der Waals surface area contributed by atoms with Gasteiger partial charge >= 0.3 is 5.97 Å². The van der Waals surface area contributed by atoms with Crippen LogP contribution in [0.4, 0.5) is 0 Å². The molecule has 2 nitrogen and oxygen atoms in total. The molecule has 0 aliphatic carbocycles. The topological polar surface area (TPSA) is 37.3 Å². The number of hydrogen-bond acceptors (Lipinski definition) is 1. The highest BCUT2D eigenvalue weighted by molar-refractivity contribution is 5.75. The van der Waals surface area contributed by atoms with E-state index in [2.05, 4.69) is 0 Å². The predicted molar refractivity (Wildman–Crippen MR) is 54.7 cm³/mol. The average Bonchev–Trinajstić information content (AvgIpc) is 1.97. The monoisotopic (exact) mass is 186 g/mol. The highest BCUT2D eigenvalue weighted by Gasteiger charge is 2.43. The first-order valence-corrected chi connectivity index (χ1v) is 5.13. The van der Waals surface area contributed by atoms with Gasteiger partial charge in [-0.15, -0.1) is 0 Å². The molecule has 0 aliphatic heterocycles. The van der Waals surface area contributed by atoms with Crippen molar-refractivity contribution in [3.8, 4) is 0 Å². The minimum absolute atomic E-state index is 0.199. The highest BCUT2D eigenvalue weighted by atomic mass is 16.4. The molecule has 0 saturated heterocycles. The first-order valence-electron chi connectivity index (χ1n) is 5.13.